The van der Waals surface area contributed by atoms with Gasteiger partial charge in [0.2, 0.25) is 0 Å². The molecule has 1 aromatic carbocycles. The van der Waals surface area contributed by atoms with E-state index in [0.717, 1.165) is 12.5 Å². The van der Waals surface area contributed by atoms with Crippen LogP contribution in [0.5, 0.6) is 0 Å². The zero-order valence-electron chi connectivity index (χ0n) is 12.8. The molecule has 0 saturated carbocycles. The highest BCUT2D eigenvalue weighted by Gasteiger charge is 2.25. The van der Waals surface area contributed by atoms with Crippen molar-refractivity contribution in [2.45, 2.75) is 25.8 Å². The monoisotopic (exact) mass is 327 g/mol. The fraction of sp³-hybridized carbons (Fsp3) is 0.467. The van der Waals surface area contributed by atoms with Crippen molar-refractivity contribution < 1.29 is 23.1 Å². The molecular weight excluding hydrogens is 308 g/mol. The average Bonchev–Trinajstić information content (AvgIpc) is 2.52. The number of carbonyl (C=O) groups is 2. The highest BCUT2D eigenvalue weighted by Crippen LogP contribution is 2.18. The van der Waals surface area contributed by atoms with Gasteiger partial charge in [0.15, 0.2) is 11.6 Å². The lowest BCUT2D eigenvalue weighted by Crippen LogP contribution is -2.50. The Hall–Kier alpha value is -2.38. The molecule has 1 saturated heterocycles. The molecule has 23 heavy (non-hydrogen) atoms. The maximum Gasteiger partial charge on any atom is 0.407 e. The molecule has 126 valence electrons. The SMILES string of the molecule is CCOC(=O)NC1CCCN(C(=O)Nc2cccc(F)c2F)C1. The Morgan fingerprint density at radius 2 is 2.17 bits per heavy atom. The molecule has 1 aliphatic heterocycles. The first-order valence-corrected chi connectivity index (χ1v) is 7.44. The van der Waals surface area contributed by atoms with Crippen LogP contribution >= 0.6 is 0 Å². The van der Waals surface area contributed by atoms with Gasteiger partial charge >= 0.3 is 12.1 Å². The number of anilines is 1. The van der Waals surface area contributed by atoms with Gasteiger partial charge in [-0.25, -0.2) is 18.4 Å². The molecule has 0 spiro atoms. The standard InChI is InChI=1S/C15H19F2N3O3/c1-2-23-15(22)18-10-5-4-8-20(9-10)14(21)19-12-7-3-6-11(16)13(12)17/h3,6-7,10H,2,4-5,8-9H2,1H3,(H,18,22)(H,19,21). The number of ether oxygens (including phenoxy) is 1. The summed E-state index contributed by atoms with van der Waals surface area (Å²) in [6.45, 7) is 2.72. The quantitative estimate of drug-likeness (QED) is 0.897. The molecule has 1 atom stereocenters. The molecule has 1 unspecified atom stereocenters. The first kappa shape index (κ1) is 17.0. The van der Waals surface area contributed by atoms with Crippen LogP contribution < -0.4 is 10.6 Å². The minimum absolute atomic E-state index is 0.213. The van der Waals surface area contributed by atoms with Gasteiger partial charge in [-0.15, -0.1) is 0 Å². The minimum Gasteiger partial charge on any atom is -0.450 e. The van der Waals surface area contributed by atoms with Crippen LogP contribution in [0, 0.1) is 11.6 Å². The predicted octanol–water partition coefficient (Wildman–Crippen LogP) is 2.71. The largest absolute Gasteiger partial charge is 0.450 e. The third-order valence-corrected chi connectivity index (χ3v) is 3.50. The Labute approximate surface area is 132 Å². The van der Waals surface area contributed by atoms with Gasteiger partial charge in [0.1, 0.15) is 0 Å². The number of carbonyl (C=O) groups excluding carboxylic acids is 2. The number of benzene rings is 1. The molecule has 1 aromatic rings. The second-order valence-corrected chi connectivity index (χ2v) is 5.18. The van der Waals surface area contributed by atoms with Crippen LogP contribution in [0.4, 0.5) is 24.1 Å². The van der Waals surface area contributed by atoms with Crippen molar-refractivity contribution in [2.24, 2.45) is 0 Å². The highest BCUT2D eigenvalue weighted by molar-refractivity contribution is 5.89. The first-order chi connectivity index (χ1) is 11.0. The maximum absolute atomic E-state index is 13.6. The third kappa shape index (κ3) is 4.54. The Morgan fingerprint density at radius 1 is 1.39 bits per heavy atom. The van der Waals surface area contributed by atoms with E-state index < -0.39 is 23.8 Å². The summed E-state index contributed by atoms with van der Waals surface area (Å²) in [6.07, 6.45) is 0.878. The number of likely N-dealkylation sites (tertiary alicyclic amines) is 1. The van der Waals surface area contributed by atoms with Crippen LogP contribution in [0.15, 0.2) is 18.2 Å². The topological polar surface area (TPSA) is 70.7 Å². The number of piperidine rings is 1. The van der Waals surface area contributed by atoms with Crippen molar-refractivity contribution in [2.75, 3.05) is 25.0 Å². The molecule has 0 radical (unpaired) electrons. The van der Waals surface area contributed by atoms with Crippen LogP contribution in [-0.4, -0.2) is 42.8 Å². The van der Waals surface area contributed by atoms with Gasteiger partial charge in [0.05, 0.1) is 12.3 Å². The molecule has 3 amide bonds. The fourth-order valence-electron chi connectivity index (χ4n) is 2.41. The smallest absolute Gasteiger partial charge is 0.407 e. The number of alkyl carbamates (subject to hydrolysis) is 1. The molecule has 1 fully saturated rings. The van der Waals surface area contributed by atoms with Crippen molar-refractivity contribution in [3.63, 3.8) is 0 Å². The van der Waals surface area contributed by atoms with Crippen LogP contribution in [0.1, 0.15) is 19.8 Å². The Balaban J connectivity index is 1.94. The number of hydrogen-bond acceptors (Lipinski definition) is 3. The molecule has 2 rings (SSSR count). The lowest BCUT2D eigenvalue weighted by Gasteiger charge is -2.32. The normalized spacial score (nSPS) is 17.5. The number of rotatable bonds is 3. The Kier molecular flexibility index (Phi) is 5.72. The molecule has 6 nitrogen and oxygen atoms in total. The van der Waals surface area contributed by atoms with Gasteiger partial charge in [0, 0.05) is 19.1 Å². The van der Waals surface area contributed by atoms with Gasteiger partial charge in [-0.05, 0) is 31.9 Å². The van der Waals surface area contributed by atoms with E-state index in [1.807, 2.05) is 0 Å². The summed E-state index contributed by atoms with van der Waals surface area (Å²) in [5.74, 6) is -2.12. The Morgan fingerprint density at radius 3 is 2.91 bits per heavy atom. The number of halogens is 2. The van der Waals surface area contributed by atoms with Crippen molar-refractivity contribution in [1.29, 1.82) is 0 Å². The summed E-state index contributed by atoms with van der Waals surface area (Å²) in [4.78, 5) is 25.0. The molecule has 0 aliphatic carbocycles. The molecule has 8 heteroatoms. The second-order valence-electron chi connectivity index (χ2n) is 5.18. The number of amides is 3. The fourth-order valence-corrected chi connectivity index (χ4v) is 2.41. The van der Waals surface area contributed by atoms with E-state index in [2.05, 4.69) is 10.6 Å². The van der Waals surface area contributed by atoms with Crippen molar-refractivity contribution >= 4 is 17.8 Å². The number of nitrogens with one attached hydrogen (secondary N) is 2. The van der Waals surface area contributed by atoms with E-state index in [9.17, 15) is 18.4 Å². The summed E-state index contributed by atoms with van der Waals surface area (Å²) < 4.78 is 31.5. The van der Waals surface area contributed by atoms with Gasteiger partial charge in [-0.3, -0.25) is 0 Å². The van der Waals surface area contributed by atoms with Gasteiger partial charge in [0.25, 0.3) is 0 Å². The number of urea groups is 1. The van der Waals surface area contributed by atoms with E-state index in [1.54, 1.807) is 6.92 Å². The predicted molar refractivity (Wildman–Crippen MR) is 80.1 cm³/mol. The average molecular weight is 327 g/mol. The van der Waals surface area contributed by atoms with Crippen molar-refractivity contribution in [3.05, 3.63) is 29.8 Å². The summed E-state index contributed by atoms with van der Waals surface area (Å²) in [7, 11) is 0. The lowest BCUT2D eigenvalue weighted by molar-refractivity contribution is 0.137. The van der Waals surface area contributed by atoms with Crippen LogP contribution in [-0.2, 0) is 4.74 Å². The van der Waals surface area contributed by atoms with Crippen LogP contribution in [0.2, 0.25) is 0 Å². The van der Waals surface area contributed by atoms with Crippen LogP contribution in [0.25, 0.3) is 0 Å². The first-order valence-electron chi connectivity index (χ1n) is 7.44. The number of nitrogens with zero attached hydrogens (tertiary/aromatic N) is 1. The minimum atomic E-state index is -1.10. The van der Waals surface area contributed by atoms with E-state index in [-0.39, 0.29) is 24.9 Å². The maximum atomic E-state index is 13.6. The second kappa shape index (κ2) is 7.75. The summed E-state index contributed by atoms with van der Waals surface area (Å²) in [5.41, 5.74) is -0.213. The number of hydrogen-bond donors (Lipinski definition) is 2. The van der Waals surface area contributed by atoms with Gasteiger partial charge < -0.3 is 20.3 Å². The Bertz CT molecular complexity index is 583. The molecule has 0 bridgehead atoms. The molecule has 1 aliphatic rings. The van der Waals surface area contributed by atoms with E-state index >= 15 is 0 Å². The highest BCUT2D eigenvalue weighted by atomic mass is 19.2. The summed E-state index contributed by atoms with van der Waals surface area (Å²) in [6, 6.07) is 2.81. The van der Waals surface area contributed by atoms with Crippen molar-refractivity contribution in [1.82, 2.24) is 10.2 Å². The lowest BCUT2D eigenvalue weighted by atomic mass is 10.1. The molecular formula is C15H19F2N3O3. The summed E-state index contributed by atoms with van der Waals surface area (Å²) >= 11 is 0. The van der Waals surface area contributed by atoms with Crippen LogP contribution in [0.3, 0.4) is 0 Å². The van der Waals surface area contributed by atoms with E-state index in [1.165, 1.54) is 17.0 Å². The van der Waals surface area contributed by atoms with E-state index in [4.69, 9.17) is 4.74 Å². The van der Waals surface area contributed by atoms with Gasteiger partial charge in [-0.1, -0.05) is 6.07 Å². The zero-order valence-corrected chi connectivity index (χ0v) is 12.8. The third-order valence-electron chi connectivity index (χ3n) is 3.50. The van der Waals surface area contributed by atoms with Gasteiger partial charge in [-0.2, -0.15) is 0 Å². The van der Waals surface area contributed by atoms with E-state index in [0.29, 0.717) is 13.0 Å². The van der Waals surface area contributed by atoms with Crippen molar-refractivity contribution in [3.8, 4) is 0 Å². The zero-order chi connectivity index (χ0) is 16.8. The summed E-state index contributed by atoms with van der Waals surface area (Å²) in [5, 5.41) is 5.02. The molecule has 1 heterocycles. The molecule has 2 N–H and O–H groups in total. The molecule has 0 aromatic heterocycles.